The highest BCUT2D eigenvalue weighted by Crippen LogP contribution is 2.29. The Bertz CT molecular complexity index is 1360. The number of nitrogens with one attached hydrogen (secondary N) is 1. The average molecular weight is 485 g/mol. The van der Waals surface area contributed by atoms with Crippen LogP contribution >= 0.6 is 11.6 Å². The number of fused-ring (bicyclic) bond motifs is 1. The van der Waals surface area contributed by atoms with Crippen LogP contribution in [0.25, 0.3) is 5.70 Å². The van der Waals surface area contributed by atoms with Crippen LogP contribution in [-0.2, 0) is 16.6 Å². The van der Waals surface area contributed by atoms with Crippen LogP contribution in [0.3, 0.4) is 0 Å². The Labute approximate surface area is 197 Å². The van der Waals surface area contributed by atoms with Gasteiger partial charge in [0.2, 0.25) is 23.6 Å². The van der Waals surface area contributed by atoms with Crippen LogP contribution in [-0.4, -0.2) is 24.6 Å². The van der Waals surface area contributed by atoms with Crippen molar-refractivity contribution in [2.45, 2.75) is 37.6 Å². The zero-order valence-corrected chi connectivity index (χ0v) is 19.6. The summed E-state index contributed by atoms with van der Waals surface area (Å²) in [5, 5.41) is 0.381. The summed E-state index contributed by atoms with van der Waals surface area (Å²) in [6, 6.07) is 12.0. The summed E-state index contributed by atoms with van der Waals surface area (Å²) in [6.07, 6.45) is 8.25. The van der Waals surface area contributed by atoms with E-state index in [0.29, 0.717) is 5.02 Å². The minimum Gasteiger partial charge on any atom is -0.287 e. The maximum Gasteiger partial charge on any atom is 0.262 e. The van der Waals surface area contributed by atoms with Crippen LogP contribution in [0.5, 0.6) is 0 Å². The quantitative estimate of drug-likeness (QED) is 0.388. The number of Topliss-reactive ketones (excluding diaryl/α,β-unsaturated/α-hetero) is 2. The minimum absolute atomic E-state index is 0.0366. The highest BCUT2D eigenvalue weighted by molar-refractivity contribution is 7.89. The van der Waals surface area contributed by atoms with E-state index in [-0.39, 0.29) is 27.4 Å². The molecular weight excluding hydrogens is 462 g/mol. The van der Waals surface area contributed by atoms with E-state index in [4.69, 9.17) is 11.6 Å². The first kappa shape index (κ1) is 22.9. The van der Waals surface area contributed by atoms with Crippen molar-refractivity contribution in [3.05, 3.63) is 89.1 Å². The number of unbranched alkanes of at least 4 members (excludes halogenated alkanes) is 2. The molecule has 0 atom stereocenters. The van der Waals surface area contributed by atoms with Crippen molar-refractivity contribution in [1.82, 2.24) is 9.29 Å². The van der Waals surface area contributed by atoms with Crippen LogP contribution in [0, 0.1) is 0 Å². The van der Waals surface area contributed by atoms with Crippen molar-refractivity contribution in [2.75, 3.05) is 0 Å². The number of rotatable bonds is 8. The van der Waals surface area contributed by atoms with Gasteiger partial charge in [-0.2, -0.15) is 4.57 Å². The molecule has 0 spiro atoms. The fourth-order valence-corrected chi connectivity index (χ4v) is 4.91. The maximum atomic E-state index is 13.4. The number of carbonyl (C=O) groups is 2. The largest absolute Gasteiger partial charge is 0.287 e. The lowest BCUT2D eigenvalue weighted by Gasteiger charge is -2.19. The number of sulfonamides is 1. The summed E-state index contributed by atoms with van der Waals surface area (Å²) in [4.78, 5) is 26.7. The summed E-state index contributed by atoms with van der Waals surface area (Å²) in [5.41, 5.74) is 0.0663. The van der Waals surface area contributed by atoms with Gasteiger partial charge in [0, 0.05) is 16.1 Å². The molecular formula is C24H23ClN3O4S+. The molecule has 3 aromatic rings. The molecule has 4 rings (SSSR count). The van der Waals surface area contributed by atoms with Gasteiger partial charge in [0.15, 0.2) is 0 Å². The number of aromatic nitrogens is 2. The Morgan fingerprint density at radius 3 is 2.30 bits per heavy atom. The minimum atomic E-state index is -4.15. The number of ketones is 2. The first-order chi connectivity index (χ1) is 15.8. The van der Waals surface area contributed by atoms with Crippen LogP contribution in [0.1, 0.15) is 46.9 Å². The molecule has 1 heterocycles. The summed E-state index contributed by atoms with van der Waals surface area (Å²) < 4.78 is 31.9. The lowest BCUT2D eigenvalue weighted by molar-refractivity contribution is -0.696. The molecule has 1 aliphatic carbocycles. The van der Waals surface area contributed by atoms with Crippen LogP contribution < -0.4 is 9.29 Å². The van der Waals surface area contributed by atoms with Gasteiger partial charge in [-0.25, -0.2) is 13.0 Å². The molecule has 7 nitrogen and oxygen atoms in total. The third kappa shape index (κ3) is 4.62. The Morgan fingerprint density at radius 1 is 0.970 bits per heavy atom. The zero-order chi connectivity index (χ0) is 23.6. The number of hydrogen-bond acceptors (Lipinski definition) is 4. The van der Waals surface area contributed by atoms with Gasteiger partial charge in [0.05, 0.1) is 11.4 Å². The Balaban J connectivity index is 1.80. The topological polar surface area (TPSA) is 89.1 Å². The molecule has 170 valence electrons. The molecule has 33 heavy (non-hydrogen) atoms. The molecule has 0 unspecified atom stereocenters. The SMILES string of the molecule is CCCCC[n+]1ccn(C2=C(NS(=O)(=O)c3ccc(Cl)cc3)C(=O)c3ccccc3C2=O)c1. The van der Waals surface area contributed by atoms with Gasteiger partial charge in [0.1, 0.15) is 18.1 Å². The molecule has 1 aliphatic rings. The first-order valence-corrected chi connectivity index (χ1v) is 12.5. The summed E-state index contributed by atoms with van der Waals surface area (Å²) in [5.74, 6) is -1.00. The van der Waals surface area contributed by atoms with E-state index in [1.807, 2.05) is 4.57 Å². The summed E-state index contributed by atoms with van der Waals surface area (Å²) >= 11 is 5.87. The second-order valence-corrected chi connectivity index (χ2v) is 9.87. The molecule has 1 N–H and O–H groups in total. The number of allylic oxidation sites excluding steroid dienone is 2. The van der Waals surface area contributed by atoms with E-state index < -0.39 is 21.6 Å². The third-order valence-corrected chi connectivity index (χ3v) is 7.04. The highest BCUT2D eigenvalue weighted by atomic mass is 35.5. The Hall–Kier alpha value is -3.23. The first-order valence-electron chi connectivity index (χ1n) is 10.6. The van der Waals surface area contributed by atoms with Gasteiger partial charge >= 0.3 is 0 Å². The molecule has 0 radical (unpaired) electrons. The predicted molar refractivity (Wildman–Crippen MR) is 124 cm³/mol. The van der Waals surface area contributed by atoms with E-state index in [1.54, 1.807) is 36.9 Å². The highest BCUT2D eigenvalue weighted by Gasteiger charge is 2.38. The molecule has 0 saturated carbocycles. The number of nitrogens with zero attached hydrogens (tertiary/aromatic N) is 2. The number of aryl methyl sites for hydroxylation is 1. The van der Waals surface area contributed by atoms with Crippen molar-refractivity contribution in [3.8, 4) is 0 Å². The monoisotopic (exact) mass is 484 g/mol. The molecule has 0 saturated heterocycles. The summed E-state index contributed by atoms with van der Waals surface area (Å²) in [7, 11) is -4.15. The van der Waals surface area contributed by atoms with Crippen molar-refractivity contribution < 1.29 is 22.6 Å². The van der Waals surface area contributed by atoms with Crippen LogP contribution in [0.15, 0.2) is 77.8 Å². The predicted octanol–water partition coefficient (Wildman–Crippen LogP) is 3.85. The van der Waals surface area contributed by atoms with Crippen LogP contribution in [0.4, 0.5) is 0 Å². The molecule has 0 bridgehead atoms. The van der Waals surface area contributed by atoms with Crippen molar-refractivity contribution >= 4 is 38.9 Å². The smallest absolute Gasteiger partial charge is 0.262 e. The molecule has 2 aromatic carbocycles. The van der Waals surface area contributed by atoms with E-state index in [0.717, 1.165) is 25.8 Å². The molecule has 9 heteroatoms. The average Bonchev–Trinajstić information content (AvgIpc) is 3.26. The molecule has 0 aliphatic heterocycles. The van der Waals surface area contributed by atoms with E-state index in [2.05, 4.69) is 11.6 Å². The second kappa shape index (κ2) is 9.33. The maximum absolute atomic E-state index is 13.4. The summed E-state index contributed by atoms with van der Waals surface area (Å²) in [6.45, 7) is 2.86. The molecule has 1 aromatic heterocycles. The number of imidazole rings is 1. The van der Waals surface area contributed by atoms with Gasteiger partial charge in [-0.3, -0.25) is 14.3 Å². The Morgan fingerprint density at radius 2 is 1.64 bits per heavy atom. The number of hydrogen-bond donors (Lipinski definition) is 1. The van der Waals surface area contributed by atoms with E-state index in [1.165, 1.54) is 34.9 Å². The van der Waals surface area contributed by atoms with Crippen LogP contribution in [0.2, 0.25) is 5.02 Å². The number of halogens is 1. The van der Waals surface area contributed by atoms with E-state index in [9.17, 15) is 18.0 Å². The van der Waals surface area contributed by atoms with E-state index >= 15 is 0 Å². The second-order valence-electron chi connectivity index (χ2n) is 7.75. The fraction of sp³-hybridized carbons (Fsp3) is 0.208. The molecule has 0 fully saturated rings. The van der Waals surface area contributed by atoms with Gasteiger partial charge in [-0.1, -0.05) is 49.2 Å². The number of benzene rings is 2. The van der Waals surface area contributed by atoms with Crippen molar-refractivity contribution in [1.29, 1.82) is 0 Å². The zero-order valence-electron chi connectivity index (χ0n) is 18.0. The van der Waals surface area contributed by atoms with Gasteiger partial charge in [0.25, 0.3) is 10.0 Å². The normalized spacial score (nSPS) is 13.9. The fourth-order valence-electron chi connectivity index (χ4n) is 3.71. The third-order valence-electron chi connectivity index (χ3n) is 5.43. The lowest BCUT2D eigenvalue weighted by atomic mass is 9.90. The van der Waals surface area contributed by atoms with Crippen molar-refractivity contribution in [2.24, 2.45) is 0 Å². The number of carbonyl (C=O) groups excluding carboxylic acids is 2. The molecule has 0 amide bonds. The van der Waals surface area contributed by atoms with Crippen molar-refractivity contribution in [3.63, 3.8) is 0 Å². The lowest BCUT2D eigenvalue weighted by Crippen LogP contribution is -2.36. The van der Waals surface area contributed by atoms with Gasteiger partial charge in [-0.15, -0.1) is 0 Å². The standard InChI is InChI=1S/C24H22ClN3O4S/c1-2-3-6-13-27-14-15-28(16-27)22-21(23(29)19-7-4-5-8-20(19)24(22)30)26-33(31,32)18-11-9-17(25)10-12-18/h4-5,7-12,14-16H,2-3,6,13H2,1H3/p+1. The van der Waals surface area contributed by atoms with Gasteiger partial charge in [-0.05, 0) is 37.1 Å². The Kier molecular flexibility index (Phi) is 6.49. The van der Waals surface area contributed by atoms with Gasteiger partial charge < -0.3 is 0 Å².